The topological polar surface area (TPSA) is 66.0 Å². The van der Waals surface area contributed by atoms with E-state index in [4.69, 9.17) is 18.9 Å². The SMILES string of the molecule is COc1cc(CC(=O)NC[C@H]2CCOc3ccccc3C2)cc(OC)c1OC. The Morgan fingerprint density at radius 1 is 1.11 bits per heavy atom. The van der Waals surface area contributed by atoms with Crippen molar-refractivity contribution in [2.75, 3.05) is 34.5 Å². The Morgan fingerprint density at radius 3 is 2.50 bits per heavy atom. The van der Waals surface area contributed by atoms with Crippen LogP contribution in [-0.2, 0) is 17.6 Å². The van der Waals surface area contributed by atoms with Gasteiger partial charge in [-0.1, -0.05) is 18.2 Å². The first kappa shape index (κ1) is 19.9. The monoisotopic (exact) mass is 385 g/mol. The lowest BCUT2D eigenvalue weighted by Gasteiger charge is -2.16. The van der Waals surface area contributed by atoms with Gasteiger partial charge in [-0.15, -0.1) is 0 Å². The number of amides is 1. The third kappa shape index (κ3) is 4.68. The van der Waals surface area contributed by atoms with E-state index in [2.05, 4.69) is 11.4 Å². The van der Waals surface area contributed by atoms with Crippen LogP contribution in [0, 0.1) is 5.92 Å². The number of para-hydroxylation sites is 1. The normalized spacial score (nSPS) is 15.6. The van der Waals surface area contributed by atoms with Crippen molar-refractivity contribution in [3.8, 4) is 23.0 Å². The predicted molar refractivity (Wildman–Crippen MR) is 107 cm³/mol. The number of nitrogens with one attached hydrogen (secondary N) is 1. The minimum absolute atomic E-state index is 0.0345. The highest BCUT2D eigenvalue weighted by Crippen LogP contribution is 2.38. The molecule has 0 saturated heterocycles. The molecule has 1 aliphatic rings. The van der Waals surface area contributed by atoms with E-state index in [0.29, 0.717) is 36.3 Å². The molecule has 1 N–H and O–H groups in total. The minimum atomic E-state index is -0.0345. The van der Waals surface area contributed by atoms with Gasteiger partial charge in [0.1, 0.15) is 5.75 Å². The van der Waals surface area contributed by atoms with E-state index >= 15 is 0 Å². The predicted octanol–water partition coefficient (Wildman–Crippen LogP) is 3.01. The summed E-state index contributed by atoms with van der Waals surface area (Å²) in [4.78, 5) is 12.5. The molecule has 0 spiro atoms. The fourth-order valence-corrected chi connectivity index (χ4v) is 3.48. The van der Waals surface area contributed by atoms with Gasteiger partial charge in [0.25, 0.3) is 0 Å². The van der Waals surface area contributed by atoms with Crippen LogP contribution in [0.4, 0.5) is 0 Å². The number of carbonyl (C=O) groups excluding carboxylic acids is 1. The molecule has 2 aromatic rings. The molecule has 28 heavy (non-hydrogen) atoms. The summed E-state index contributed by atoms with van der Waals surface area (Å²) in [5.41, 5.74) is 2.01. The summed E-state index contributed by atoms with van der Waals surface area (Å²) in [6.45, 7) is 1.30. The lowest BCUT2D eigenvalue weighted by atomic mass is 9.97. The molecule has 3 rings (SSSR count). The van der Waals surface area contributed by atoms with Crippen molar-refractivity contribution in [3.63, 3.8) is 0 Å². The summed E-state index contributed by atoms with van der Waals surface area (Å²) >= 11 is 0. The molecule has 1 heterocycles. The van der Waals surface area contributed by atoms with E-state index in [1.54, 1.807) is 33.5 Å². The summed E-state index contributed by atoms with van der Waals surface area (Å²) < 4.78 is 21.8. The van der Waals surface area contributed by atoms with Gasteiger partial charge in [-0.25, -0.2) is 0 Å². The van der Waals surface area contributed by atoms with Crippen LogP contribution < -0.4 is 24.3 Å². The smallest absolute Gasteiger partial charge is 0.224 e. The average Bonchev–Trinajstić information content (AvgIpc) is 2.93. The summed E-state index contributed by atoms with van der Waals surface area (Å²) in [5.74, 6) is 2.88. The molecule has 6 heteroatoms. The number of methoxy groups -OCH3 is 3. The van der Waals surface area contributed by atoms with Crippen LogP contribution in [-0.4, -0.2) is 40.4 Å². The second-order valence-electron chi connectivity index (χ2n) is 6.83. The molecule has 0 saturated carbocycles. The van der Waals surface area contributed by atoms with Crippen molar-refractivity contribution in [3.05, 3.63) is 47.5 Å². The van der Waals surface area contributed by atoms with Gasteiger partial charge in [0.05, 0.1) is 34.4 Å². The van der Waals surface area contributed by atoms with Crippen LogP contribution in [0.25, 0.3) is 0 Å². The zero-order valence-corrected chi connectivity index (χ0v) is 16.6. The summed E-state index contributed by atoms with van der Waals surface area (Å²) in [7, 11) is 4.68. The van der Waals surface area contributed by atoms with E-state index < -0.39 is 0 Å². The second kappa shape index (κ2) is 9.35. The molecule has 0 aromatic heterocycles. The third-order valence-corrected chi connectivity index (χ3v) is 4.94. The Morgan fingerprint density at radius 2 is 1.82 bits per heavy atom. The van der Waals surface area contributed by atoms with E-state index in [1.165, 1.54) is 5.56 Å². The molecule has 0 bridgehead atoms. The molecule has 1 atom stereocenters. The molecule has 150 valence electrons. The standard InChI is InChI=1S/C22H27NO5/c1-25-19-11-16(12-20(26-2)22(19)27-3)13-21(24)23-14-15-8-9-28-18-7-5-4-6-17(18)10-15/h4-7,11-12,15H,8-10,13-14H2,1-3H3,(H,23,24)/t15-/m0/s1. The van der Waals surface area contributed by atoms with Gasteiger partial charge in [0.15, 0.2) is 11.5 Å². The second-order valence-corrected chi connectivity index (χ2v) is 6.83. The van der Waals surface area contributed by atoms with Gasteiger partial charge < -0.3 is 24.3 Å². The number of hydrogen-bond acceptors (Lipinski definition) is 5. The maximum Gasteiger partial charge on any atom is 0.224 e. The Balaban J connectivity index is 1.60. The maximum absolute atomic E-state index is 12.5. The van der Waals surface area contributed by atoms with E-state index in [0.717, 1.165) is 24.2 Å². The minimum Gasteiger partial charge on any atom is -0.493 e. The van der Waals surface area contributed by atoms with Gasteiger partial charge in [-0.2, -0.15) is 0 Å². The van der Waals surface area contributed by atoms with Crippen molar-refractivity contribution in [1.29, 1.82) is 0 Å². The van der Waals surface area contributed by atoms with Crippen molar-refractivity contribution < 1.29 is 23.7 Å². The van der Waals surface area contributed by atoms with Crippen LogP contribution in [0.2, 0.25) is 0 Å². The molecule has 0 radical (unpaired) electrons. The van der Waals surface area contributed by atoms with Crippen LogP contribution in [0.15, 0.2) is 36.4 Å². The summed E-state index contributed by atoms with van der Waals surface area (Å²) in [6, 6.07) is 11.7. The van der Waals surface area contributed by atoms with Crippen molar-refractivity contribution in [2.45, 2.75) is 19.3 Å². The average molecular weight is 385 g/mol. The van der Waals surface area contributed by atoms with E-state index in [1.807, 2.05) is 18.2 Å². The van der Waals surface area contributed by atoms with Crippen molar-refractivity contribution >= 4 is 5.91 Å². The Bertz CT molecular complexity index is 795. The highest BCUT2D eigenvalue weighted by atomic mass is 16.5. The largest absolute Gasteiger partial charge is 0.493 e. The molecule has 0 aliphatic carbocycles. The van der Waals surface area contributed by atoms with Gasteiger partial charge in [0.2, 0.25) is 11.7 Å². The van der Waals surface area contributed by atoms with E-state index in [-0.39, 0.29) is 12.3 Å². The van der Waals surface area contributed by atoms with Crippen LogP contribution >= 0.6 is 0 Å². The number of carbonyl (C=O) groups is 1. The lowest BCUT2D eigenvalue weighted by Crippen LogP contribution is -2.31. The number of hydrogen-bond donors (Lipinski definition) is 1. The highest BCUT2D eigenvalue weighted by Gasteiger charge is 2.19. The van der Waals surface area contributed by atoms with Gasteiger partial charge in [-0.3, -0.25) is 4.79 Å². The summed E-state index contributed by atoms with van der Waals surface area (Å²) in [6.07, 6.45) is 2.07. The zero-order chi connectivity index (χ0) is 19.9. The molecular weight excluding hydrogens is 358 g/mol. The third-order valence-electron chi connectivity index (χ3n) is 4.94. The Kier molecular flexibility index (Phi) is 6.63. The number of ether oxygens (including phenoxy) is 4. The molecular formula is C22H27NO5. The van der Waals surface area contributed by atoms with Crippen LogP contribution in [0.1, 0.15) is 17.5 Å². The highest BCUT2D eigenvalue weighted by molar-refractivity contribution is 5.79. The zero-order valence-electron chi connectivity index (χ0n) is 16.6. The molecule has 0 fully saturated rings. The lowest BCUT2D eigenvalue weighted by molar-refractivity contribution is -0.120. The molecule has 0 unspecified atom stereocenters. The van der Waals surface area contributed by atoms with Crippen LogP contribution in [0.3, 0.4) is 0 Å². The molecule has 2 aromatic carbocycles. The van der Waals surface area contributed by atoms with Gasteiger partial charge in [-0.05, 0) is 48.1 Å². The molecule has 1 aliphatic heterocycles. The maximum atomic E-state index is 12.5. The Labute approximate surface area is 165 Å². The van der Waals surface area contributed by atoms with Gasteiger partial charge >= 0.3 is 0 Å². The fourth-order valence-electron chi connectivity index (χ4n) is 3.48. The van der Waals surface area contributed by atoms with E-state index in [9.17, 15) is 4.79 Å². The van der Waals surface area contributed by atoms with Crippen molar-refractivity contribution in [1.82, 2.24) is 5.32 Å². The Hall–Kier alpha value is -2.89. The number of rotatable bonds is 7. The molecule has 1 amide bonds. The first-order valence-electron chi connectivity index (χ1n) is 9.41. The number of benzene rings is 2. The first-order chi connectivity index (χ1) is 13.6. The first-order valence-corrected chi connectivity index (χ1v) is 9.41. The van der Waals surface area contributed by atoms with Crippen molar-refractivity contribution in [2.24, 2.45) is 5.92 Å². The molecule has 6 nitrogen and oxygen atoms in total. The van der Waals surface area contributed by atoms with Gasteiger partial charge in [0, 0.05) is 6.54 Å². The fraction of sp³-hybridized carbons (Fsp3) is 0.409. The summed E-state index contributed by atoms with van der Waals surface area (Å²) in [5, 5.41) is 3.06. The quantitative estimate of drug-likeness (QED) is 0.794. The number of fused-ring (bicyclic) bond motifs is 1. The van der Waals surface area contributed by atoms with Crippen LogP contribution in [0.5, 0.6) is 23.0 Å².